The van der Waals surface area contributed by atoms with Crippen molar-refractivity contribution < 1.29 is 9.59 Å². The van der Waals surface area contributed by atoms with Gasteiger partial charge in [0.1, 0.15) is 0 Å². The van der Waals surface area contributed by atoms with E-state index in [2.05, 4.69) is 10.3 Å². The van der Waals surface area contributed by atoms with Crippen LogP contribution in [0.3, 0.4) is 0 Å². The lowest BCUT2D eigenvalue weighted by atomic mass is 10.0. The van der Waals surface area contributed by atoms with Crippen molar-refractivity contribution in [2.24, 2.45) is 0 Å². The topological polar surface area (TPSA) is 104 Å². The van der Waals surface area contributed by atoms with Crippen LogP contribution in [-0.2, 0) is 6.54 Å². The van der Waals surface area contributed by atoms with E-state index in [1.165, 1.54) is 4.57 Å². The zero-order valence-corrected chi connectivity index (χ0v) is 17.5. The van der Waals surface area contributed by atoms with Gasteiger partial charge < -0.3 is 19.8 Å². The minimum absolute atomic E-state index is 0.0214. The highest BCUT2D eigenvalue weighted by Gasteiger charge is 2.22. The molecule has 4 rings (SSSR count). The van der Waals surface area contributed by atoms with Crippen LogP contribution in [0.5, 0.6) is 0 Å². The molecule has 0 spiro atoms. The van der Waals surface area contributed by atoms with E-state index >= 15 is 0 Å². The lowest BCUT2D eigenvalue weighted by Gasteiger charge is -2.18. The second kappa shape index (κ2) is 8.22. The van der Waals surface area contributed by atoms with E-state index < -0.39 is 11.1 Å². The average Bonchev–Trinajstić information content (AvgIpc) is 3.30. The Kier molecular flexibility index (Phi) is 5.46. The van der Waals surface area contributed by atoms with Crippen LogP contribution in [0.25, 0.3) is 11.0 Å². The number of aryl methyl sites for hydroxylation is 1. The lowest BCUT2D eigenvalue weighted by molar-refractivity contribution is 0.0791. The molecule has 0 unspecified atom stereocenters. The van der Waals surface area contributed by atoms with Crippen LogP contribution in [0.2, 0.25) is 0 Å². The average molecular weight is 420 g/mol. The van der Waals surface area contributed by atoms with Crippen molar-refractivity contribution >= 4 is 28.5 Å². The Morgan fingerprint density at radius 3 is 2.55 bits per heavy atom. The number of aromatic nitrogens is 2. The first-order valence-corrected chi connectivity index (χ1v) is 10.4. The molecule has 1 aromatic heterocycles. The maximum absolute atomic E-state index is 12.9. The number of nitrogens with zero attached hydrogens (tertiary/aromatic N) is 2. The quantitative estimate of drug-likeness (QED) is 0.633. The van der Waals surface area contributed by atoms with Crippen molar-refractivity contribution in [1.29, 1.82) is 0 Å². The minimum atomic E-state index is -0.726. The van der Waals surface area contributed by atoms with E-state index in [-0.39, 0.29) is 11.8 Å². The zero-order valence-electron chi connectivity index (χ0n) is 17.5. The van der Waals surface area contributed by atoms with Gasteiger partial charge in [-0.2, -0.15) is 0 Å². The molecule has 2 aromatic carbocycles. The Bertz CT molecular complexity index is 1300. The third kappa shape index (κ3) is 3.76. The SMILES string of the molecule is CCn1c(=O)c(=O)[nH]c2cc(C(=O)Nc3cccc(C(=O)N4CCCC4)c3C)ccc21. The summed E-state index contributed by atoms with van der Waals surface area (Å²) in [6, 6.07) is 10.1. The van der Waals surface area contributed by atoms with Crippen LogP contribution >= 0.6 is 0 Å². The number of hydrogen-bond acceptors (Lipinski definition) is 4. The van der Waals surface area contributed by atoms with Crippen molar-refractivity contribution in [2.75, 3.05) is 18.4 Å². The zero-order chi connectivity index (χ0) is 22.1. The Morgan fingerprint density at radius 2 is 1.84 bits per heavy atom. The lowest BCUT2D eigenvalue weighted by Crippen LogP contribution is -2.36. The monoisotopic (exact) mass is 420 g/mol. The fourth-order valence-electron chi connectivity index (χ4n) is 4.02. The molecule has 0 aliphatic carbocycles. The number of rotatable bonds is 4. The number of amides is 2. The fraction of sp³-hybridized carbons (Fsp3) is 0.304. The Hall–Kier alpha value is -3.68. The molecule has 8 heteroatoms. The summed E-state index contributed by atoms with van der Waals surface area (Å²) in [4.78, 5) is 54.0. The summed E-state index contributed by atoms with van der Waals surface area (Å²) in [6.45, 7) is 5.46. The summed E-state index contributed by atoms with van der Waals surface area (Å²) in [5.74, 6) is -0.391. The molecule has 0 radical (unpaired) electrons. The second-order valence-electron chi connectivity index (χ2n) is 7.67. The molecule has 2 heterocycles. The first-order chi connectivity index (χ1) is 14.9. The van der Waals surface area contributed by atoms with Crippen molar-refractivity contribution in [3.8, 4) is 0 Å². The predicted octanol–water partition coefficient (Wildman–Crippen LogP) is 2.51. The first-order valence-electron chi connectivity index (χ1n) is 10.4. The molecule has 3 aromatic rings. The third-order valence-corrected chi connectivity index (χ3v) is 5.76. The number of fused-ring (bicyclic) bond motifs is 1. The van der Waals surface area contributed by atoms with Gasteiger partial charge in [0.2, 0.25) is 0 Å². The van der Waals surface area contributed by atoms with Crippen LogP contribution in [-0.4, -0.2) is 39.4 Å². The molecular formula is C23H24N4O4. The highest BCUT2D eigenvalue weighted by molar-refractivity contribution is 6.07. The number of aromatic amines is 1. The van der Waals surface area contributed by atoms with E-state index in [1.54, 1.807) is 43.3 Å². The van der Waals surface area contributed by atoms with E-state index in [9.17, 15) is 19.2 Å². The number of H-pyrrole nitrogens is 1. The Morgan fingerprint density at radius 1 is 1.10 bits per heavy atom. The fourth-order valence-corrected chi connectivity index (χ4v) is 4.02. The summed E-state index contributed by atoms with van der Waals surface area (Å²) in [5, 5.41) is 2.86. The van der Waals surface area contributed by atoms with Gasteiger partial charge in [-0.3, -0.25) is 19.2 Å². The molecule has 0 bridgehead atoms. The third-order valence-electron chi connectivity index (χ3n) is 5.76. The highest BCUT2D eigenvalue weighted by atomic mass is 16.2. The maximum Gasteiger partial charge on any atom is 0.316 e. The Balaban J connectivity index is 1.64. The van der Waals surface area contributed by atoms with Crippen molar-refractivity contribution in [3.05, 3.63) is 73.8 Å². The molecule has 1 aliphatic rings. The van der Waals surface area contributed by atoms with Gasteiger partial charge in [-0.15, -0.1) is 0 Å². The summed E-state index contributed by atoms with van der Waals surface area (Å²) >= 11 is 0. The van der Waals surface area contributed by atoms with E-state index in [1.807, 2.05) is 11.8 Å². The largest absolute Gasteiger partial charge is 0.339 e. The molecule has 0 atom stereocenters. The van der Waals surface area contributed by atoms with Gasteiger partial charge in [-0.05, 0) is 62.6 Å². The van der Waals surface area contributed by atoms with E-state index in [4.69, 9.17) is 0 Å². The number of benzene rings is 2. The molecule has 31 heavy (non-hydrogen) atoms. The van der Waals surface area contributed by atoms with Gasteiger partial charge in [-0.1, -0.05) is 6.07 Å². The highest BCUT2D eigenvalue weighted by Crippen LogP contribution is 2.23. The van der Waals surface area contributed by atoms with E-state index in [0.29, 0.717) is 40.0 Å². The number of hydrogen-bond donors (Lipinski definition) is 2. The molecular weight excluding hydrogens is 396 g/mol. The van der Waals surface area contributed by atoms with Crippen LogP contribution < -0.4 is 16.4 Å². The van der Waals surface area contributed by atoms with Gasteiger partial charge in [0.25, 0.3) is 11.8 Å². The van der Waals surface area contributed by atoms with Crippen LogP contribution in [0, 0.1) is 6.92 Å². The van der Waals surface area contributed by atoms with Gasteiger partial charge >= 0.3 is 11.1 Å². The van der Waals surface area contributed by atoms with Gasteiger partial charge in [-0.25, -0.2) is 0 Å². The summed E-state index contributed by atoms with van der Waals surface area (Å²) in [6.07, 6.45) is 2.02. The van der Waals surface area contributed by atoms with E-state index in [0.717, 1.165) is 25.9 Å². The summed E-state index contributed by atoms with van der Waals surface area (Å²) in [7, 11) is 0. The van der Waals surface area contributed by atoms with Crippen molar-refractivity contribution in [1.82, 2.24) is 14.5 Å². The maximum atomic E-state index is 12.9. The van der Waals surface area contributed by atoms with Crippen molar-refractivity contribution in [3.63, 3.8) is 0 Å². The molecule has 2 N–H and O–H groups in total. The van der Waals surface area contributed by atoms with Crippen molar-refractivity contribution in [2.45, 2.75) is 33.2 Å². The van der Waals surface area contributed by atoms with Crippen LogP contribution in [0.1, 0.15) is 46.0 Å². The molecule has 1 saturated heterocycles. The van der Waals surface area contributed by atoms with Crippen LogP contribution in [0.15, 0.2) is 46.0 Å². The smallest absolute Gasteiger partial charge is 0.316 e. The molecule has 2 amide bonds. The first kappa shape index (κ1) is 20.6. The standard InChI is InChI=1S/C23H24N4O4/c1-3-27-19-10-9-15(13-18(19)25-21(29)23(27)31)20(28)24-17-8-6-7-16(14(17)2)22(30)26-11-4-5-12-26/h6-10,13H,3-5,11-12H2,1-2H3,(H,24,28)(H,25,29). The number of nitrogens with one attached hydrogen (secondary N) is 2. The Labute approximate surface area is 178 Å². The second-order valence-corrected chi connectivity index (χ2v) is 7.67. The number of likely N-dealkylation sites (tertiary alicyclic amines) is 1. The molecule has 0 saturated carbocycles. The number of anilines is 1. The summed E-state index contributed by atoms with van der Waals surface area (Å²) in [5.41, 5.74) is 1.79. The van der Waals surface area contributed by atoms with Gasteiger partial charge in [0.05, 0.1) is 11.0 Å². The van der Waals surface area contributed by atoms with Gasteiger partial charge in [0, 0.05) is 36.4 Å². The normalized spacial score (nSPS) is 13.5. The predicted molar refractivity (Wildman–Crippen MR) is 119 cm³/mol. The van der Waals surface area contributed by atoms with Crippen LogP contribution in [0.4, 0.5) is 5.69 Å². The minimum Gasteiger partial charge on any atom is -0.339 e. The summed E-state index contributed by atoms with van der Waals surface area (Å²) < 4.78 is 1.37. The molecule has 160 valence electrons. The number of carbonyl (C=O) groups is 2. The van der Waals surface area contributed by atoms with Gasteiger partial charge in [0.15, 0.2) is 0 Å². The molecule has 1 fully saturated rings. The molecule has 8 nitrogen and oxygen atoms in total. The number of carbonyl (C=O) groups excluding carboxylic acids is 2. The molecule has 1 aliphatic heterocycles.